The van der Waals surface area contributed by atoms with E-state index in [1.165, 1.54) is 11.3 Å². The van der Waals surface area contributed by atoms with Crippen LogP contribution in [0.1, 0.15) is 5.82 Å². The van der Waals surface area contributed by atoms with Crippen molar-refractivity contribution in [3.8, 4) is 0 Å². The van der Waals surface area contributed by atoms with Crippen LogP contribution in [0, 0.1) is 0 Å². The fourth-order valence-electron chi connectivity index (χ4n) is 2.02. The van der Waals surface area contributed by atoms with Crippen LogP contribution in [0.5, 0.6) is 0 Å². The maximum absolute atomic E-state index is 11.8. The Morgan fingerprint density at radius 3 is 3.00 bits per heavy atom. The Morgan fingerprint density at radius 1 is 1.44 bits per heavy atom. The van der Waals surface area contributed by atoms with Gasteiger partial charge in [0.1, 0.15) is 10.6 Å². The van der Waals surface area contributed by atoms with Gasteiger partial charge in [-0.25, -0.2) is 14.8 Å². The van der Waals surface area contributed by atoms with Gasteiger partial charge in [-0.3, -0.25) is 0 Å². The number of hydrogen-bond donors (Lipinski definition) is 1. The average Bonchev–Trinajstić information content (AvgIpc) is 2.91. The molecule has 1 aliphatic rings. The molecule has 0 saturated carbocycles. The number of fused-ring (bicyclic) bond motifs is 1. The van der Waals surface area contributed by atoms with E-state index in [1.54, 1.807) is 16.8 Å². The van der Waals surface area contributed by atoms with E-state index in [2.05, 4.69) is 9.97 Å². The van der Waals surface area contributed by atoms with Gasteiger partial charge in [0.2, 0.25) is 0 Å². The third-order valence-corrected chi connectivity index (χ3v) is 3.84. The topological polar surface area (TPSA) is 75.3 Å². The molecule has 1 fully saturated rings. The van der Waals surface area contributed by atoms with Gasteiger partial charge in [-0.15, -0.1) is 11.3 Å². The molecule has 0 radical (unpaired) electrons. The maximum atomic E-state index is 11.8. The fourth-order valence-corrected chi connectivity index (χ4v) is 2.81. The zero-order valence-electron chi connectivity index (χ0n) is 9.96. The van der Waals surface area contributed by atoms with Crippen molar-refractivity contribution in [3.05, 3.63) is 17.3 Å². The molecule has 0 aromatic carbocycles. The Hall–Kier alpha value is -1.89. The molecule has 0 atom stereocenters. The monoisotopic (exact) mass is 263 g/mol. The minimum Gasteiger partial charge on any atom is -0.383 e. The van der Waals surface area contributed by atoms with E-state index >= 15 is 0 Å². The fraction of sp³-hybridized carbons (Fsp3) is 0.364. The van der Waals surface area contributed by atoms with E-state index in [-0.39, 0.29) is 6.03 Å². The third kappa shape index (κ3) is 1.76. The van der Waals surface area contributed by atoms with E-state index in [1.807, 2.05) is 11.4 Å². The SMILES string of the molecule is CN1CCN(Cc2nc(N)c3ccsc3n2)C1=O. The van der Waals surface area contributed by atoms with Gasteiger partial charge in [0, 0.05) is 20.1 Å². The molecule has 0 bridgehead atoms. The second-order valence-corrected chi connectivity index (χ2v) is 5.18. The Labute approximate surface area is 108 Å². The molecule has 0 unspecified atom stereocenters. The summed E-state index contributed by atoms with van der Waals surface area (Å²) >= 11 is 1.53. The number of likely N-dealkylation sites (N-methyl/N-ethyl adjacent to an activating group) is 1. The van der Waals surface area contributed by atoms with Crippen LogP contribution in [0.3, 0.4) is 0 Å². The Bertz CT molecular complexity index is 610. The second kappa shape index (κ2) is 4.09. The number of nitrogens with two attached hydrogens (primary N) is 1. The van der Waals surface area contributed by atoms with E-state index < -0.39 is 0 Å². The number of aromatic nitrogens is 2. The first kappa shape index (κ1) is 11.2. The van der Waals surface area contributed by atoms with Crippen LogP contribution in [-0.4, -0.2) is 45.9 Å². The number of urea groups is 1. The molecule has 7 heteroatoms. The first-order valence-electron chi connectivity index (χ1n) is 5.65. The summed E-state index contributed by atoms with van der Waals surface area (Å²) in [6, 6.07) is 1.93. The summed E-state index contributed by atoms with van der Waals surface area (Å²) < 4.78 is 0. The number of carbonyl (C=O) groups is 1. The number of thiophene rings is 1. The zero-order chi connectivity index (χ0) is 12.7. The minimum atomic E-state index is 0.0171. The van der Waals surface area contributed by atoms with Crippen molar-refractivity contribution < 1.29 is 4.79 Å². The van der Waals surface area contributed by atoms with E-state index in [4.69, 9.17) is 5.73 Å². The summed E-state index contributed by atoms with van der Waals surface area (Å²) in [7, 11) is 1.79. The highest BCUT2D eigenvalue weighted by atomic mass is 32.1. The summed E-state index contributed by atoms with van der Waals surface area (Å²) in [5.41, 5.74) is 5.88. The predicted octanol–water partition coefficient (Wildman–Crippen LogP) is 1.14. The van der Waals surface area contributed by atoms with Gasteiger partial charge in [0.25, 0.3) is 0 Å². The van der Waals surface area contributed by atoms with Crippen LogP contribution < -0.4 is 5.73 Å². The van der Waals surface area contributed by atoms with Gasteiger partial charge in [0.15, 0.2) is 5.82 Å². The molecule has 0 spiro atoms. The molecule has 2 amide bonds. The molecule has 2 N–H and O–H groups in total. The van der Waals surface area contributed by atoms with Gasteiger partial charge < -0.3 is 15.5 Å². The minimum absolute atomic E-state index is 0.0171. The highest BCUT2D eigenvalue weighted by molar-refractivity contribution is 7.16. The Kier molecular flexibility index (Phi) is 2.55. The van der Waals surface area contributed by atoms with Crippen molar-refractivity contribution in [1.82, 2.24) is 19.8 Å². The molecule has 94 valence electrons. The van der Waals surface area contributed by atoms with Gasteiger partial charge in [-0.2, -0.15) is 0 Å². The average molecular weight is 263 g/mol. The van der Waals surface area contributed by atoms with Crippen LogP contribution in [-0.2, 0) is 6.54 Å². The van der Waals surface area contributed by atoms with E-state index in [0.717, 1.165) is 16.8 Å². The molecular formula is C11H13N5OS. The van der Waals surface area contributed by atoms with Gasteiger partial charge in [0.05, 0.1) is 11.9 Å². The lowest BCUT2D eigenvalue weighted by Crippen LogP contribution is -2.29. The molecule has 2 aromatic heterocycles. The lowest BCUT2D eigenvalue weighted by Gasteiger charge is -2.14. The van der Waals surface area contributed by atoms with Crippen LogP contribution in [0.4, 0.5) is 10.6 Å². The largest absolute Gasteiger partial charge is 0.383 e. The number of nitrogen functional groups attached to an aromatic ring is 1. The van der Waals surface area contributed by atoms with E-state index in [9.17, 15) is 4.79 Å². The number of carbonyl (C=O) groups excluding carboxylic acids is 1. The van der Waals surface area contributed by atoms with Gasteiger partial charge in [-0.1, -0.05) is 0 Å². The smallest absolute Gasteiger partial charge is 0.320 e. The third-order valence-electron chi connectivity index (χ3n) is 3.04. The Morgan fingerprint density at radius 2 is 2.28 bits per heavy atom. The number of amides is 2. The molecule has 0 aliphatic carbocycles. The van der Waals surface area contributed by atoms with Crippen molar-refractivity contribution in [2.45, 2.75) is 6.54 Å². The molecule has 18 heavy (non-hydrogen) atoms. The van der Waals surface area contributed by atoms with Crippen molar-refractivity contribution in [2.24, 2.45) is 0 Å². The molecule has 6 nitrogen and oxygen atoms in total. The lowest BCUT2D eigenvalue weighted by atomic mass is 10.4. The molecule has 1 saturated heterocycles. The standard InChI is InChI=1S/C11H13N5OS/c1-15-3-4-16(11(15)17)6-8-13-9(12)7-2-5-18-10(7)14-8/h2,5H,3-4,6H2,1H3,(H2,12,13,14). The molecule has 2 aromatic rings. The van der Waals surface area contributed by atoms with Crippen LogP contribution >= 0.6 is 11.3 Å². The summed E-state index contributed by atoms with van der Waals surface area (Å²) in [4.78, 5) is 24.8. The van der Waals surface area contributed by atoms with Crippen molar-refractivity contribution in [3.63, 3.8) is 0 Å². The van der Waals surface area contributed by atoms with Crippen molar-refractivity contribution in [1.29, 1.82) is 0 Å². The van der Waals surface area contributed by atoms with Gasteiger partial charge in [-0.05, 0) is 11.4 Å². The normalized spacial score (nSPS) is 15.9. The van der Waals surface area contributed by atoms with Gasteiger partial charge >= 0.3 is 6.03 Å². The van der Waals surface area contributed by atoms with Crippen LogP contribution in [0.15, 0.2) is 11.4 Å². The number of nitrogens with zero attached hydrogens (tertiary/aromatic N) is 4. The first-order chi connectivity index (χ1) is 8.65. The summed E-state index contributed by atoms with van der Waals surface area (Å²) in [5, 5.41) is 2.82. The van der Waals surface area contributed by atoms with Crippen molar-refractivity contribution >= 4 is 33.4 Å². The quantitative estimate of drug-likeness (QED) is 0.881. The highest BCUT2D eigenvalue weighted by Crippen LogP contribution is 2.23. The second-order valence-electron chi connectivity index (χ2n) is 4.29. The molecule has 3 heterocycles. The number of hydrogen-bond acceptors (Lipinski definition) is 5. The first-order valence-corrected chi connectivity index (χ1v) is 6.53. The maximum Gasteiger partial charge on any atom is 0.320 e. The molecular weight excluding hydrogens is 250 g/mol. The van der Waals surface area contributed by atoms with Crippen molar-refractivity contribution in [2.75, 3.05) is 25.9 Å². The molecule has 1 aliphatic heterocycles. The number of rotatable bonds is 2. The number of anilines is 1. The van der Waals surface area contributed by atoms with Crippen LogP contribution in [0.25, 0.3) is 10.2 Å². The summed E-state index contributed by atoms with van der Waals surface area (Å²) in [6.45, 7) is 1.87. The summed E-state index contributed by atoms with van der Waals surface area (Å²) in [6.07, 6.45) is 0. The molecule has 3 rings (SSSR count). The zero-order valence-corrected chi connectivity index (χ0v) is 10.8. The predicted molar refractivity (Wildman–Crippen MR) is 70.3 cm³/mol. The highest BCUT2D eigenvalue weighted by Gasteiger charge is 2.26. The van der Waals surface area contributed by atoms with Crippen LogP contribution in [0.2, 0.25) is 0 Å². The Balaban J connectivity index is 1.89. The lowest BCUT2D eigenvalue weighted by molar-refractivity contribution is 0.196. The van der Waals surface area contributed by atoms with E-state index in [0.29, 0.717) is 24.7 Å². The summed E-state index contributed by atoms with van der Waals surface area (Å²) in [5.74, 6) is 1.09.